The molecule has 15 heavy (non-hydrogen) atoms. The summed E-state index contributed by atoms with van der Waals surface area (Å²) >= 11 is 0. The van der Waals surface area contributed by atoms with Crippen LogP contribution in [-0.2, 0) is 4.74 Å². The van der Waals surface area contributed by atoms with Crippen molar-refractivity contribution in [2.24, 2.45) is 0 Å². The first-order valence-electron chi connectivity index (χ1n) is 5.61. The molecule has 4 heteroatoms. The third kappa shape index (κ3) is 4.75. The zero-order chi connectivity index (χ0) is 11.1. The fraction of sp³-hybridized carbons (Fsp3) is 0.818. The van der Waals surface area contributed by atoms with Gasteiger partial charge in [-0.15, -0.1) is 0 Å². The van der Waals surface area contributed by atoms with Crippen LogP contribution in [0.2, 0.25) is 0 Å². The molecule has 1 rings (SSSR count). The van der Waals surface area contributed by atoms with Crippen LogP contribution in [0.25, 0.3) is 0 Å². The molecule has 0 saturated carbocycles. The summed E-state index contributed by atoms with van der Waals surface area (Å²) in [5.41, 5.74) is 0. The number of nitrogens with one attached hydrogen (secondary N) is 2. The van der Waals surface area contributed by atoms with E-state index in [4.69, 9.17) is 4.74 Å². The fourth-order valence-corrected chi connectivity index (χ4v) is 1.78. The summed E-state index contributed by atoms with van der Waals surface area (Å²) in [4.78, 5) is 0. The van der Waals surface area contributed by atoms with Gasteiger partial charge in [-0.2, -0.15) is 0 Å². The van der Waals surface area contributed by atoms with Crippen LogP contribution in [0.15, 0.2) is 12.2 Å². The zero-order valence-corrected chi connectivity index (χ0v) is 9.57. The van der Waals surface area contributed by atoms with Gasteiger partial charge < -0.3 is 15.2 Å². The highest BCUT2D eigenvalue weighted by Crippen LogP contribution is 2.15. The lowest BCUT2D eigenvalue weighted by atomic mass is 10.0. The van der Waals surface area contributed by atoms with Crippen molar-refractivity contribution in [1.82, 2.24) is 10.6 Å². The highest BCUT2D eigenvalue weighted by atomic mass is 16.6. The van der Waals surface area contributed by atoms with Crippen molar-refractivity contribution >= 4 is 0 Å². The summed E-state index contributed by atoms with van der Waals surface area (Å²) < 4.78 is 5.38. The summed E-state index contributed by atoms with van der Waals surface area (Å²) in [6.45, 7) is 0. The number of aliphatic hydroxyl groups excluding tert-OH is 1. The van der Waals surface area contributed by atoms with E-state index in [2.05, 4.69) is 16.7 Å². The van der Waals surface area contributed by atoms with Crippen LogP contribution < -0.4 is 10.6 Å². The van der Waals surface area contributed by atoms with Crippen molar-refractivity contribution < 1.29 is 9.84 Å². The number of aliphatic hydroxyl groups is 1. The Morgan fingerprint density at radius 2 is 2.20 bits per heavy atom. The summed E-state index contributed by atoms with van der Waals surface area (Å²) in [5, 5.41) is 15.2. The Labute approximate surface area is 91.7 Å². The second-order valence-electron chi connectivity index (χ2n) is 3.90. The summed E-state index contributed by atoms with van der Waals surface area (Å²) in [5.74, 6) is 0. The Kier molecular flexibility index (Phi) is 5.86. The Balaban J connectivity index is 2.38. The molecule has 0 fully saturated rings. The molecule has 4 nitrogen and oxygen atoms in total. The number of ether oxygens (including phenoxy) is 1. The first kappa shape index (κ1) is 12.6. The Morgan fingerprint density at radius 3 is 2.87 bits per heavy atom. The van der Waals surface area contributed by atoms with Gasteiger partial charge in [0.15, 0.2) is 0 Å². The molecule has 0 spiro atoms. The summed E-state index contributed by atoms with van der Waals surface area (Å²) in [7, 11) is 3.67. The lowest BCUT2D eigenvalue weighted by Gasteiger charge is -2.22. The lowest BCUT2D eigenvalue weighted by molar-refractivity contribution is -0.139. The second-order valence-corrected chi connectivity index (χ2v) is 3.90. The van der Waals surface area contributed by atoms with Crippen LogP contribution in [0.3, 0.4) is 0 Å². The molecule has 0 saturated heterocycles. The predicted octanol–water partition coefficient (Wildman–Crippen LogP) is 0.585. The quantitative estimate of drug-likeness (QED) is 0.473. The molecule has 88 valence electrons. The number of rotatable bonds is 4. The fourth-order valence-electron chi connectivity index (χ4n) is 1.78. The maximum absolute atomic E-state index is 9.29. The van der Waals surface area contributed by atoms with Gasteiger partial charge in [0, 0.05) is 6.04 Å². The highest BCUT2D eigenvalue weighted by Gasteiger charge is 2.14. The van der Waals surface area contributed by atoms with E-state index in [9.17, 15) is 5.11 Å². The lowest BCUT2D eigenvalue weighted by Crippen LogP contribution is -2.32. The summed E-state index contributed by atoms with van der Waals surface area (Å²) in [6.07, 6.45) is 7.63. The molecular formula is C11H22N2O2. The average Bonchev–Trinajstić information content (AvgIpc) is 2.21. The molecule has 0 aliphatic heterocycles. The van der Waals surface area contributed by atoms with Gasteiger partial charge in [-0.05, 0) is 39.8 Å². The molecule has 1 aliphatic rings. The monoisotopic (exact) mass is 214 g/mol. The second kappa shape index (κ2) is 6.95. The maximum atomic E-state index is 9.29. The molecule has 3 N–H and O–H groups in total. The molecule has 0 bridgehead atoms. The van der Waals surface area contributed by atoms with Crippen molar-refractivity contribution in [2.75, 3.05) is 14.1 Å². The van der Waals surface area contributed by atoms with Crippen LogP contribution in [0.5, 0.6) is 0 Å². The van der Waals surface area contributed by atoms with Gasteiger partial charge in [0.25, 0.3) is 0 Å². The van der Waals surface area contributed by atoms with Gasteiger partial charge in [-0.25, -0.2) is 0 Å². The Bertz CT molecular complexity index is 197. The normalized spacial score (nSPS) is 31.7. The van der Waals surface area contributed by atoms with E-state index in [1.54, 1.807) is 7.05 Å². The number of hydrogen-bond acceptors (Lipinski definition) is 4. The molecule has 0 amide bonds. The first-order chi connectivity index (χ1) is 7.26. The highest BCUT2D eigenvalue weighted by molar-refractivity contribution is 4.94. The minimum Gasteiger partial charge on any atom is -0.356 e. The Hall–Kier alpha value is -0.420. The molecule has 0 aromatic heterocycles. The van der Waals surface area contributed by atoms with Crippen LogP contribution >= 0.6 is 0 Å². The van der Waals surface area contributed by atoms with Crippen molar-refractivity contribution in [3.8, 4) is 0 Å². The molecule has 1 aliphatic carbocycles. The van der Waals surface area contributed by atoms with E-state index in [0.29, 0.717) is 6.04 Å². The van der Waals surface area contributed by atoms with Crippen molar-refractivity contribution in [1.29, 1.82) is 0 Å². The molecule has 3 unspecified atom stereocenters. The van der Waals surface area contributed by atoms with E-state index in [0.717, 1.165) is 25.7 Å². The minimum absolute atomic E-state index is 0.0326. The molecule has 0 heterocycles. The topological polar surface area (TPSA) is 53.5 Å². The predicted molar refractivity (Wildman–Crippen MR) is 60.4 cm³/mol. The Morgan fingerprint density at radius 1 is 1.40 bits per heavy atom. The van der Waals surface area contributed by atoms with Gasteiger partial charge in [0.2, 0.25) is 6.41 Å². The van der Waals surface area contributed by atoms with Crippen LogP contribution in [0.4, 0.5) is 0 Å². The van der Waals surface area contributed by atoms with Gasteiger partial charge in [0.1, 0.15) is 0 Å². The van der Waals surface area contributed by atoms with Gasteiger partial charge in [-0.3, -0.25) is 5.32 Å². The van der Waals surface area contributed by atoms with Crippen molar-refractivity contribution in [2.45, 2.75) is 44.2 Å². The van der Waals surface area contributed by atoms with E-state index in [-0.39, 0.29) is 6.10 Å². The third-order valence-electron chi connectivity index (χ3n) is 2.77. The van der Waals surface area contributed by atoms with Gasteiger partial charge >= 0.3 is 0 Å². The van der Waals surface area contributed by atoms with Crippen molar-refractivity contribution in [3.05, 3.63) is 12.2 Å². The largest absolute Gasteiger partial charge is 0.356 e. The molecular weight excluding hydrogens is 192 g/mol. The summed E-state index contributed by atoms with van der Waals surface area (Å²) in [6, 6.07) is 0.580. The molecule has 0 aromatic carbocycles. The van der Waals surface area contributed by atoms with E-state index >= 15 is 0 Å². The number of hydrogen-bond donors (Lipinski definition) is 3. The smallest absolute Gasteiger partial charge is 0.213 e. The maximum Gasteiger partial charge on any atom is 0.213 e. The van der Waals surface area contributed by atoms with Gasteiger partial charge in [-0.1, -0.05) is 12.2 Å². The third-order valence-corrected chi connectivity index (χ3v) is 2.77. The van der Waals surface area contributed by atoms with Gasteiger partial charge in [0.05, 0.1) is 6.10 Å². The molecule has 3 atom stereocenters. The van der Waals surface area contributed by atoms with Crippen molar-refractivity contribution in [3.63, 3.8) is 0 Å². The molecule has 0 radical (unpaired) electrons. The van der Waals surface area contributed by atoms with E-state index in [1.807, 2.05) is 13.1 Å². The first-order valence-corrected chi connectivity index (χ1v) is 5.61. The SMILES string of the molecule is CNC1C/C=C/C(OC(O)NC)CCC1. The van der Waals surface area contributed by atoms with E-state index < -0.39 is 6.41 Å². The van der Waals surface area contributed by atoms with Crippen LogP contribution in [0, 0.1) is 0 Å². The molecule has 0 aromatic rings. The standard InChI is InChI=1S/C11H22N2O2/c1-12-9-5-3-7-10(8-4-6-9)15-11(14)13-2/h3,7,9-14H,4-6,8H2,1-2H3/b7-3+. The average molecular weight is 214 g/mol. The minimum atomic E-state index is -0.862. The van der Waals surface area contributed by atoms with Crippen LogP contribution in [-0.4, -0.2) is 37.8 Å². The van der Waals surface area contributed by atoms with E-state index in [1.165, 1.54) is 0 Å². The zero-order valence-electron chi connectivity index (χ0n) is 9.57. The van der Waals surface area contributed by atoms with Crippen LogP contribution in [0.1, 0.15) is 25.7 Å².